The quantitative estimate of drug-likeness (QED) is 0.521. The average molecular weight is 523 g/mol. The molecule has 2 aliphatic rings. The molecule has 7 nitrogen and oxygen atoms in total. The van der Waals surface area contributed by atoms with Crippen molar-refractivity contribution in [3.05, 3.63) is 69.7 Å². The van der Waals surface area contributed by atoms with Gasteiger partial charge in [-0.25, -0.2) is 4.79 Å². The Morgan fingerprint density at radius 3 is 2.64 bits per heavy atom. The maximum atomic E-state index is 13.1. The number of hydrogen-bond donors (Lipinski definition) is 0. The van der Waals surface area contributed by atoms with Crippen LogP contribution in [0, 0.1) is 0 Å². The Bertz CT molecular complexity index is 1050. The van der Waals surface area contributed by atoms with Gasteiger partial charge in [0.05, 0.1) is 6.10 Å². The van der Waals surface area contributed by atoms with Crippen LogP contribution in [0.1, 0.15) is 27.9 Å². The zero-order valence-corrected chi connectivity index (χ0v) is 19.0. The molecule has 10 heteroatoms. The predicted octanol–water partition coefficient (Wildman–Crippen LogP) is 3.36. The second-order valence-corrected chi connectivity index (χ2v) is 8.79. The van der Waals surface area contributed by atoms with Crippen LogP contribution in [-0.4, -0.2) is 59.4 Å². The molecule has 2 heterocycles. The predicted molar refractivity (Wildman–Crippen MR) is 116 cm³/mol. The van der Waals surface area contributed by atoms with E-state index in [0.29, 0.717) is 5.56 Å². The zero-order valence-electron chi connectivity index (χ0n) is 17.5. The van der Waals surface area contributed by atoms with E-state index >= 15 is 0 Å². The number of likely N-dealkylation sites (tertiary alicyclic amines) is 1. The third kappa shape index (κ3) is 5.39. The van der Waals surface area contributed by atoms with Gasteiger partial charge in [-0.3, -0.25) is 9.59 Å². The summed E-state index contributed by atoms with van der Waals surface area (Å²) in [4.78, 5) is 41.0. The molecule has 0 spiro atoms. The molecule has 1 fully saturated rings. The fourth-order valence-electron chi connectivity index (χ4n) is 4.10. The first-order valence-corrected chi connectivity index (χ1v) is 11.1. The van der Waals surface area contributed by atoms with Gasteiger partial charge in [0, 0.05) is 29.5 Å². The minimum Gasteiger partial charge on any atom is -0.459 e. The van der Waals surface area contributed by atoms with Crippen LogP contribution in [0.15, 0.2) is 53.0 Å². The molecule has 0 aromatic heterocycles. The van der Waals surface area contributed by atoms with Crippen molar-refractivity contribution >= 4 is 33.7 Å². The van der Waals surface area contributed by atoms with Gasteiger partial charge in [-0.05, 0) is 29.3 Å². The van der Waals surface area contributed by atoms with E-state index < -0.39 is 30.6 Å². The Balaban J connectivity index is 1.44. The van der Waals surface area contributed by atoms with Crippen LogP contribution >= 0.6 is 15.9 Å². The average Bonchev–Trinajstić information content (AvgIpc) is 3.33. The number of amides is 2. The van der Waals surface area contributed by atoms with Gasteiger partial charge in [-0.15, -0.1) is 0 Å². The Kier molecular flexibility index (Phi) is 7.04. The fourth-order valence-corrected chi connectivity index (χ4v) is 4.51. The van der Waals surface area contributed by atoms with Crippen molar-refractivity contribution in [3.8, 4) is 0 Å². The number of benzene rings is 2. The molecule has 174 valence electrons. The van der Waals surface area contributed by atoms with E-state index in [1.54, 1.807) is 36.4 Å². The van der Waals surface area contributed by atoms with Crippen molar-refractivity contribution in [1.82, 2.24) is 9.80 Å². The van der Waals surface area contributed by atoms with Crippen molar-refractivity contribution in [1.29, 1.82) is 0 Å². The molecule has 2 amide bonds. The lowest BCUT2D eigenvalue weighted by Gasteiger charge is -2.25. The van der Waals surface area contributed by atoms with Gasteiger partial charge in [0.25, 0.3) is 5.91 Å². The number of esters is 1. The SMILES string of the molecule is O=C(OCc1ccccc1)C1C[C@@H](OC(F)F)CN1C(=O)CN1Cc2cc(Br)ccc2C1=O. The molecule has 33 heavy (non-hydrogen) atoms. The monoisotopic (exact) mass is 522 g/mol. The molecule has 0 bridgehead atoms. The normalized spacial score (nSPS) is 19.8. The number of halogens is 3. The summed E-state index contributed by atoms with van der Waals surface area (Å²) < 4.78 is 36.3. The van der Waals surface area contributed by atoms with E-state index in [9.17, 15) is 23.2 Å². The highest BCUT2D eigenvalue weighted by Gasteiger charge is 2.43. The highest BCUT2D eigenvalue weighted by atomic mass is 79.9. The van der Waals surface area contributed by atoms with Crippen molar-refractivity contribution in [2.75, 3.05) is 13.1 Å². The smallest absolute Gasteiger partial charge is 0.345 e. The summed E-state index contributed by atoms with van der Waals surface area (Å²) in [5.41, 5.74) is 2.04. The van der Waals surface area contributed by atoms with E-state index in [4.69, 9.17) is 4.74 Å². The van der Waals surface area contributed by atoms with E-state index in [2.05, 4.69) is 20.7 Å². The maximum absolute atomic E-state index is 13.1. The van der Waals surface area contributed by atoms with Gasteiger partial charge in [0.15, 0.2) is 0 Å². The molecular formula is C23H21BrF2N2O5. The standard InChI is InChI=1S/C23H21BrF2N2O5/c24-16-6-7-18-15(8-16)10-27(21(18)30)12-20(29)28-11-17(33-23(25)26)9-19(28)22(31)32-13-14-4-2-1-3-5-14/h1-8,17,19,23H,9-13H2/t17-,19?/m1/s1. The van der Waals surface area contributed by atoms with Crippen molar-refractivity contribution in [2.24, 2.45) is 0 Å². The van der Waals surface area contributed by atoms with Crippen LogP contribution in [0.4, 0.5) is 8.78 Å². The van der Waals surface area contributed by atoms with Crippen molar-refractivity contribution in [2.45, 2.75) is 38.3 Å². The zero-order chi connectivity index (χ0) is 23.5. The summed E-state index contributed by atoms with van der Waals surface area (Å²) in [5.74, 6) is -1.53. The Hall–Kier alpha value is -2.85. The first-order valence-electron chi connectivity index (χ1n) is 10.3. The van der Waals surface area contributed by atoms with Crippen LogP contribution in [0.25, 0.3) is 0 Å². The number of nitrogens with zero attached hydrogens (tertiary/aromatic N) is 2. The van der Waals surface area contributed by atoms with Gasteiger partial charge in [0.1, 0.15) is 19.2 Å². The summed E-state index contributed by atoms with van der Waals surface area (Å²) in [6, 6.07) is 13.1. The largest absolute Gasteiger partial charge is 0.459 e. The molecule has 0 radical (unpaired) electrons. The molecule has 2 atom stereocenters. The summed E-state index contributed by atoms with van der Waals surface area (Å²) in [5, 5.41) is 0. The van der Waals surface area contributed by atoms with Crippen LogP contribution in [0.3, 0.4) is 0 Å². The molecular weight excluding hydrogens is 502 g/mol. The molecule has 2 aromatic rings. The van der Waals surface area contributed by atoms with E-state index in [-0.39, 0.29) is 38.6 Å². The number of carbonyl (C=O) groups excluding carboxylic acids is 3. The van der Waals surface area contributed by atoms with Gasteiger partial charge < -0.3 is 19.3 Å². The molecule has 1 unspecified atom stereocenters. The minimum absolute atomic E-state index is 0.00657. The van der Waals surface area contributed by atoms with E-state index in [1.165, 1.54) is 9.80 Å². The van der Waals surface area contributed by atoms with Gasteiger partial charge in [0.2, 0.25) is 5.91 Å². The highest BCUT2D eigenvalue weighted by Crippen LogP contribution is 2.28. The number of rotatable bonds is 7. The van der Waals surface area contributed by atoms with Crippen LogP contribution in [-0.2, 0) is 32.2 Å². The number of carbonyl (C=O) groups is 3. The lowest BCUT2D eigenvalue weighted by molar-refractivity contribution is -0.160. The maximum Gasteiger partial charge on any atom is 0.345 e. The minimum atomic E-state index is -3.03. The lowest BCUT2D eigenvalue weighted by Crippen LogP contribution is -2.46. The van der Waals surface area contributed by atoms with Crippen molar-refractivity contribution in [3.63, 3.8) is 0 Å². The van der Waals surface area contributed by atoms with E-state index in [0.717, 1.165) is 15.6 Å². The number of hydrogen-bond acceptors (Lipinski definition) is 5. The highest BCUT2D eigenvalue weighted by molar-refractivity contribution is 9.10. The number of alkyl halides is 2. The topological polar surface area (TPSA) is 76.2 Å². The Morgan fingerprint density at radius 2 is 1.91 bits per heavy atom. The van der Waals surface area contributed by atoms with Crippen molar-refractivity contribution < 1.29 is 32.6 Å². The van der Waals surface area contributed by atoms with Gasteiger partial charge in [-0.1, -0.05) is 46.3 Å². The molecule has 2 aromatic carbocycles. The van der Waals surface area contributed by atoms with Crippen LogP contribution < -0.4 is 0 Å². The van der Waals surface area contributed by atoms with Crippen LogP contribution in [0.2, 0.25) is 0 Å². The Morgan fingerprint density at radius 1 is 1.15 bits per heavy atom. The van der Waals surface area contributed by atoms with E-state index in [1.807, 2.05) is 12.1 Å². The summed E-state index contributed by atoms with van der Waals surface area (Å²) in [6.07, 6.45) is -1.11. The first-order chi connectivity index (χ1) is 15.8. The Labute approximate surface area is 197 Å². The number of fused-ring (bicyclic) bond motifs is 1. The fraction of sp³-hybridized carbons (Fsp3) is 0.348. The summed E-state index contributed by atoms with van der Waals surface area (Å²) >= 11 is 3.36. The lowest BCUT2D eigenvalue weighted by atomic mass is 10.1. The molecule has 0 aliphatic carbocycles. The third-order valence-corrected chi connectivity index (χ3v) is 6.14. The first kappa shape index (κ1) is 23.3. The second-order valence-electron chi connectivity index (χ2n) is 7.87. The molecule has 2 aliphatic heterocycles. The van der Waals surface area contributed by atoms with Gasteiger partial charge >= 0.3 is 12.6 Å². The molecule has 0 N–H and O–H groups in total. The van der Waals surface area contributed by atoms with Crippen LogP contribution in [0.5, 0.6) is 0 Å². The molecule has 1 saturated heterocycles. The molecule has 0 saturated carbocycles. The summed E-state index contributed by atoms with van der Waals surface area (Å²) in [7, 11) is 0. The molecule has 4 rings (SSSR count). The summed E-state index contributed by atoms with van der Waals surface area (Å²) in [6.45, 7) is -3.26. The van der Waals surface area contributed by atoms with Gasteiger partial charge in [-0.2, -0.15) is 8.78 Å². The third-order valence-electron chi connectivity index (χ3n) is 5.65. The number of ether oxygens (including phenoxy) is 2. The second kappa shape index (κ2) is 9.96.